The largest absolute Gasteiger partial charge is 0.285 e. The van der Waals surface area contributed by atoms with Crippen molar-refractivity contribution < 1.29 is 14.4 Å². The van der Waals surface area contributed by atoms with Crippen LogP contribution in [0.4, 0.5) is 0 Å². The Labute approximate surface area is 134 Å². The van der Waals surface area contributed by atoms with Crippen LogP contribution in [-0.2, 0) is 11.4 Å². The molecule has 5 nitrogen and oxygen atoms in total. The van der Waals surface area contributed by atoms with E-state index in [1.54, 1.807) is 48.5 Å². The smallest absolute Gasteiger partial charge is 0.266 e. The summed E-state index contributed by atoms with van der Waals surface area (Å²) in [6.45, 7) is 4.08. The van der Waals surface area contributed by atoms with Gasteiger partial charge in [-0.2, -0.15) is 5.26 Å². The Kier molecular flexibility index (Phi) is 5.23. The van der Waals surface area contributed by atoms with Crippen LogP contribution in [0.2, 0.25) is 0 Å². The van der Waals surface area contributed by atoms with E-state index in [4.69, 9.17) is 10.1 Å². The first-order valence-corrected chi connectivity index (χ1v) is 7.30. The molecule has 1 aliphatic heterocycles. The summed E-state index contributed by atoms with van der Waals surface area (Å²) in [5, 5.41) is 9.50. The molecule has 5 heteroatoms. The van der Waals surface area contributed by atoms with Gasteiger partial charge in [0.05, 0.1) is 22.8 Å². The normalized spacial score (nSPS) is 12.3. The van der Waals surface area contributed by atoms with Crippen LogP contribution in [0.3, 0.4) is 0 Å². The van der Waals surface area contributed by atoms with Crippen molar-refractivity contribution in [3.05, 3.63) is 70.8 Å². The van der Waals surface area contributed by atoms with E-state index in [0.29, 0.717) is 16.7 Å². The van der Waals surface area contributed by atoms with Crippen LogP contribution in [0.1, 0.15) is 45.7 Å². The van der Waals surface area contributed by atoms with Crippen molar-refractivity contribution >= 4 is 11.8 Å². The van der Waals surface area contributed by atoms with Gasteiger partial charge < -0.3 is 0 Å². The summed E-state index contributed by atoms with van der Waals surface area (Å²) < 4.78 is 0. The van der Waals surface area contributed by atoms with E-state index in [-0.39, 0.29) is 6.61 Å². The van der Waals surface area contributed by atoms with E-state index in [0.717, 1.165) is 10.6 Å². The molecule has 23 heavy (non-hydrogen) atoms. The molecule has 0 radical (unpaired) electrons. The van der Waals surface area contributed by atoms with Gasteiger partial charge in [0.2, 0.25) is 0 Å². The van der Waals surface area contributed by atoms with Crippen molar-refractivity contribution in [3.8, 4) is 6.07 Å². The number of nitrogens with zero attached hydrogens (tertiary/aromatic N) is 2. The number of imide groups is 1. The summed E-state index contributed by atoms with van der Waals surface area (Å²) in [6, 6.07) is 15.4. The van der Waals surface area contributed by atoms with Crippen molar-refractivity contribution in [2.45, 2.75) is 20.5 Å². The molecule has 0 aromatic heterocycles. The molecule has 116 valence electrons. The molecule has 0 atom stereocenters. The number of amides is 2. The first kappa shape index (κ1) is 16.4. The number of rotatable bonds is 3. The van der Waals surface area contributed by atoms with E-state index in [1.807, 2.05) is 19.9 Å². The lowest BCUT2D eigenvalue weighted by molar-refractivity contribution is -0.101. The predicted octanol–water partition coefficient (Wildman–Crippen LogP) is 3.31. The zero-order valence-corrected chi connectivity index (χ0v) is 12.9. The van der Waals surface area contributed by atoms with Gasteiger partial charge in [0.1, 0.15) is 6.61 Å². The molecule has 0 saturated heterocycles. The second-order valence-electron chi connectivity index (χ2n) is 4.53. The molecular weight excluding hydrogens is 292 g/mol. The number of hydrogen-bond acceptors (Lipinski definition) is 4. The Bertz CT molecular complexity index is 726. The topological polar surface area (TPSA) is 70.4 Å². The third-order valence-electron chi connectivity index (χ3n) is 3.20. The average molecular weight is 308 g/mol. The third-order valence-corrected chi connectivity index (χ3v) is 3.20. The number of nitriles is 1. The number of hydrogen-bond donors (Lipinski definition) is 0. The fourth-order valence-corrected chi connectivity index (χ4v) is 2.10. The Balaban J connectivity index is 0.000000924. The molecule has 0 fully saturated rings. The molecule has 1 heterocycles. The van der Waals surface area contributed by atoms with Gasteiger partial charge in [0.25, 0.3) is 11.8 Å². The zero-order valence-electron chi connectivity index (χ0n) is 12.9. The van der Waals surface area contributed by atoms with Crippen molar-refractivity contribution in [2.75, 3.05) is 0 Å². The summed E-state index contributed by atoms with van der Waals surface area (Å²) in [5.41, 5.74) is 2.01. The Morgan fingerprint density at radius 3 is 1.96 bits per heavy atom. The molecule has 2 aromatic rings. The predicted molar refractivity (Wildman–Crippen MR) is 84.2 cm³/mol. The highest BCUT2D eigenvalue weighted by Gasteiger charge is 2.36. The van der Waals surface area contributed by atoms with E-state index in [2.05, 4.69) is 0 Å². The van der Waals surface area contributed by atoms with Gasteiger partial charge >= 0.3 is 0 Å². The van der Waals surface area contributed by atoms with Gasteiger partial charge in [-0.3, -0.25) is 14.4 Å². The second-order valence-corrected chi connectivity index (χ2v) is 4.53. The minimum absolute atomic E-state index is 0.0805. The molecule has 0 saturated carbocycles. The van der Waals surface area contributed by atoms with E-state index in [9.17, 15) is 9.59 Å². The van der Waals surface area contributed by atoms with E-state index in [1.165, 1.54) is 0 Å². The van der Waals surface area contributed by atoms with Gasteiger partial charge in [-0.15, -0.1) is 5.06 Å². The summed E-state index contributed by atoms with van der Waals surface area (Å²) in [6.07, 6.45) is 0. The number of benzene rings is 2. The van der Waals surface area contributed by atoms with Gasteiger partial charge in [-0.25, -0.2) is 0 Å². The number of carbonyl (C=O) groups excluding carboxylic acids is 2. The third kappa shape index (κ3) is 3.28. The maximum Gasteiger partial charge on any atom is 0.285 e. The van der Waals surface area contributed by atoms with Crippen LogP contribution in [0, 0.1) is 11.3 Å². The van der Waals surface area contributed by atoms with Gasteiger partial charge in [-0.05, 0) is 29.8 Å². The molecule has 0 bridgehead atoms. The van der Waals surface area contributed by atoms with Crippen LogP contribution in [0.5, 0.6) is 0 Å². The van der Waals surface area contributed by atoms with Crippen molar-refractivity contribution in [2.24, 2.45) is 0 Å². The highest BCUT2D eigenvalue weighted by atomic mass is 16.7. The van der Waals surface area contributed by atoms with Crippen LogP contribution in [0.15, 0.2) is 48.5 Å². The lowest BCUT2D eigenvalue weighted by Gasteiger charge is -2.13. The Hall–Kier alpha value is -2.97. The van der Waals surface area contributed by atoms with Gasteiger partial charge in [0.15, 0.2) is 0 Å². The standard InChI is InChI=1S/C16H10N2O3.C2H6/c17-9-11-5-7-12(8-6-11)10-21-18-15(19)13-3-1-2-4-14(13)16(18)20;1-2/h1-8H,10H2;1-2H3. The maximum atomic E-state index is 12.1. The number of hydroxylamine groups is 2. The average Bonchev–Trinajstić information content (AvgIpc) is 2.87. The molecule has 0 aliphatic carbocycles. The molecule has 1 aliphatic rings. The van der Waals surface area contributed by atoms with Crippen LogP contribution in [0.25, 0.3) is 0 Å². The van der Waals surface area contributed by atoms with Crippen LogP contribution in [-0.4, -0.2) is 16.9 Å². The van der Waals surface area contributed by atoms with Crippen molar-refractivity contribution in [1.29, 1.82) is 5.26 Å². The number of fused-ring (bicyclic) bond motifs is 1. The fourth-order valence-electron chi connectivity index (χ4n) is 2.10. The SMILES string of the molecule is CC.N#Cc1ccc(CON2C(=O)c3ccccc3C2=O)cc1. The van der Waals surface area contributed by atoms with E-state index >= 15 is 0 Å². The minimum atomic E-state index is -0.454. The minimum Gasteiger partial charge on any atom is -0.266 e. The summed E-state index contributed by atoms with van der Waals surface area (Å²) >= 11 is 0. The van der Waals surface area contributed by atoms with E-state index < -0.39 is 11.8 Å². The second kappa shape index (κ2) is 7.34. The van der Waals surface area contributed by atoms with Crippen LogP contribution < -0.4 is 0 Å². The number of carbonyl (C=O) groups is 2. The lowest BCUT2D eigenvalue weighted by Crippen LogP contribution is -2.29. The first-order valence-electron chi connectivity index (χ1n) is 7.30. The Morgan fingerprint density at radius 2 is 1.48 bits per heavy atom. The molecule has 3 rings (SSSR count). The Morgan fingerprint density at radius 1 is 0.957 bits per heavy atom. The summed E-state index contributed by atoms with van der Waals surface area (Å²) in [4.78, 5) is 29.5. The quantitative estimate of drug-likeness (QED) is 0.816. The molecule has 2 amide bonds. The zero-order chi connectivity index (χ0) is 16.8. The highest BCUT2D eigenvalue weighted by Crippen LogP contribution is 2.23. The lowest BCUT2D eigenvalue weighted by atomic mass is 10.1. The molecule has 0 unspecified atom stereocenters. The van der Waals surface area contributed by atoms with Gasteiger partial charge in [0, 0.05) is 0 Å². The monoisotopic (exact) mass is 308 g/mol. The molecule has 0 N–H and O–H groups in total. The van der Waals surface area contributed by atoms with Gasteiger partial charge in [-0.1, -0.05) is 38.1 Å². The highest BCUT2D eigenvalue weighted by molar-refractivity contribution is 6.20. The summed E-state index contributed by atoms with van der Waals surface area (Å²) in [5.74, 6) is -0.909. The fraction of sp³-hybridized carbons (Fsp3) is 0.167. The first-order chi connectivity index (χ1) is 11.2. The van der Waals surface area contributed by atoms with Crippen molar-refractivity contribution in [3.63, 3.8) is 0 Å². The summed E-state index contributed by atoms with van der Waals surface area (Å²) in [7, 11) is 0. The molecule has 0 spiro atoms. The molecule has 2 aromatic carbocycles. The van der Waals surface area contributed by atoms with Crippen LogP contribution >= 0.6 is 0 Å². The van der Waals surface area contributed by atoms with Crippen molar-refractivity contribution in [1.82, 2.24) is 5.06 Å². The maximum absolute atomic E-state index is 12.1. The molecular formula is C18H16N2O3.